The monoisotopic (exact) mass is 220 g/mol. The van der Waals surface area contributed by atoms with Gasteiger partial charge in [0.05, 0.1) is 13.0 Å². The van der Waals surface area contributed by atoms with Crippen molar-refractivity contribution in [3.05, 3.63) is 23.9 Å². The highest BCUT2D eigenvalue weighted by atomic mass is 16.5. The molecule has 1 saturated heterocycles. The van der Waals surface area contributed by atoms with E-state index in [-0.39, 0.29) is 11.9 Å². The van der Waals surface area contributed by atoms with Crippen LogP contribution >= 0.6 is 0 Å². The lowest BCUT2D eigenvalue weighted by Crippen LogP contribution is -2.24. The summed E-state index contributed by atoms with van der Waals surface area (Å²) in [6, 6.07) is 3.96. The van der Waals surface area contributed by atoms with E-state index in [9.17, 15) is 4.79 Å². The van der Waals surface area contributed by atoms with E-state index in [1.807, 2.05) is 19.1 Å². The number of carbonyl (C=O) groups is 1. The van der Waals surface area contributed by atoms with E-state index >= 15 is 0 Å². The van der Waals surface area contributed by atoms with Crippen LogP contribution in [0.15, 0.2) is 18.3 Å². The molecule has 1 aliphatic heterocycles. The first-order valence-corrected chi connectivity index (χ1v) is 5.46. The fraction of sp³-hybridized carbons (Fsp3) is 0.500. The highest BCUT2D eigenvalue weighted by molar-refractivity contribution is 5.74. The van der Waals surface area contributed by atoms with Crippen LogP contribution in [0.3, 0.4) is 0 Å². The van der Waals surface area contributed by atoms with Crippen molar-refractivity contribution >= 4 is 11.8 Å². The van der Waals surface area contributed by atoms with E-state index in [0.29, 0.717) is 6.54 Å². The van der Waals surface area contributed by atoms with Gasteiger partial charge in [0, 0.05) is 19.3 Å². The molecule has 0 radical (unpaired) electrons. The Bertz CT molecular complexity index is 392. The number of carbonyl (C=O) groups excluding carboxylic acids is 1. The number of methoxy groups -OCH3 is 1. The van der Waals surface area contributed by atoms with E-state index in [4.69, 9.17) is 4.74 Å². The lowest BCUT2D eigenvalue weighted by atomic mass is 10.1. The van der Waals surface area contributed by atoms with Gasteiger partial charge in [-0.1, -0.05) is 6.07 Å². The second kappa shape index (κ2) is 4.51. The van der Waals surface area contributed by atoms with Crippen LogP contribution in [0.4, 0.5) is 5.82 Å². The van der Waals surface area contributed by atoms with E-state index in [0.717, 1.165) is 24.3 Å². The molecule has 0 bridgehead atoms. The summed E-state index contributed by atoms with van der Waals surface area (Å²) >= 11 is 0. The summed E-state index contributed by atoms with van der Waals surface area (Å²) < 4.78 is 4.76. The molecule has 1 atom stereocenters. The molecule has 0 spiro atoms. The molecule has 1 aliphatic rings. The zero-order valence-corrected chi connectivity index (χ0v) is 9.64. The van der Waals surface area contributed by atoms with Crippen LogP contribution in [-0.2, 0) is 9.53 Å². The zero-order chi connectivity index (χ0) is 11.5. The number of nitrogens with zero attached hydrogens (tertiary/aromatic N) is 2. The van der Waals surface area contributed by atoms with Gasteiger partial charge in [0.1, 0.15) is 5.82 Å². The first-order valence-electron chi connectivity index (χ1n) is 5.46. The van der Waals surface area contributed by atoms with Crippen molar-refractivity contribution in [2.45, 2.75) is 13.3 Å². The van der Waals surface area contributed by atoms with Crippen LogP contribution in [0.2, 0.25) is 0 Å². The highest BCUT2D eigenvalue weighted by Crippen LogP contribution is 2.24. The Balaban J connectivity index is 2.09. The predicted molar refractivity (Wildman–Crippen MR) is 61.3 cm³/mol. The van der Waals surface area contributed by atoms with Gasteiger partial charge in [-0.2, -0.15) is 0 Å². The number of esters is 1. The zero-order valence-electron chi connectivity index (χ0n) is 9.64. The summed E-state index contributed by atoms with van der Waals surface area (Å²) in [5.41, 5.74) is 1.15. The Kier molecular flexibility index (Phi) is 3.08. The van der Waals surface area contributed by atoms with Crippen molar-refractivity contribution < 1.29 is 9.53 Å². The lowest BCUT2D eigenvalue weighted by molar-refractivity contribution is -0.144. The van der Waals surface area contributed by atoms with E-state index in [1.165, 1.54) is 7.11 Å². The maximum atomic E-state index is 11.4. The first-order chi connectivity index (χ1) is 7.72. The number of ether oxygens (including phenoxy) is 1. The van der Waals surface area contributed by atoms with E-state index < -0.39 is 0 Å². The Morgan fingerprint density at radius 1 is 1.62 bits per heavy atom. The van der Waals surface area contributed by atoms with Crippen LogP contribution in [0.1, 0.15) is 12.0 Å². The minimum atomic E-state index is -0.115. The average molecular weight is 220 g/mol. The fourth-order valence-corrected chi connectivity index (χ4v) is 2.12. The first kappa shape index (κ1) is 10.9. The van der Waals surface area contributed by atoms with Gasteiger partial charge in [0.2, 0.25) is 0 Å². The van der Waals surface area contributed by atoms with Gasteiger partial charge in [-0.3, -0.25) is 4.79 Å². The number of rotatable bonds is 2. The number of aryl methyl sites for hydroxylation is 1. The molecule has 4 nitrogen and oxygen atoms in total. The van der Waals surface area contributed by atoms with Crippen LogP contribution in [0.5, 0.6) is 0 Å². The van der Waals surface area contributed by atoms with Gasteiger partial charge < -0.3 is 9.64 Å². The molecule has 0 aromatic carbocycles. The summed E-state index contributed by atoms with van der Waals surface area (Å²) in [4.78, 5) is 17.9. The third-order valence-corrected chi connectivity index (χ3v) is 3.00. The molecule has 4 heteroatoms. The Hall–Kier alpha value is -1.58. The number of hydrogen-bond acceptors (Lipinski definition) is 4. The van der Waals surface area contributed by atoms with Gasteiger partial charge >= 0.3 is 5.97 Å². The third kappa shape index (κ3) is 2.01. The summed E-state index contributed by atoms with van der Waals surface area (Å²) in [5.74, 6) is 0.858. The summed E-state index contributed by atoms with van der Waals surface area (Å²) in [7, 11) is 1.44. The second-order valence-electron chi connectivity index (χ2n) is 4.10. The number of pyridine rings is 1. The molecule has 2 rings (SSSR count). The number of aromatic nitrogens is 1. The van der Waals surface area contributed by atoms with E-state index in [1.54, 1.807) is 6.20 Å². The van der Waals surface area contributed by atoms with Crippen molar-refractivity contribution in [3.63, 3.8) is 0 Å². The van der Waals surface area contributed by atoms with Gasteiger partial charge in [-0.15, -0.1) is 0 Å². The Labute approximate surface area is 95.2 Å². The minimum absolute atomic E-state index is 0.00796. The molecule has 0 aliphatic carbocycles. The molecule has 1 fully saturated rings. The predicted octanol–water partition coefficient (Wildman–Crippen LogP) is 1.39. The second-order valence-corrected chi connectivity index (χ2v) is 4.10. The molecule has 1 aromatic heterocycles. The van der Waals surface area contributed by atoms with Crippen molar-refractivity contribution in [2.24, 2.45) is 5.92 Å². The molecule has 2 heterocycles. The van der Waals surface area contributed by atoms with Crippen molar-refractivity contribution in [1.82, 2.24) is 4.98 Å². The van der Waals surface area contributed by atoms with Crippen molar-refractivity contribution in [3.8, 4) is 0 Å². The lowest BCUT2D eigenvalue weighted by Gasteiger charge is -2.18. The minimum Gasteiger partial charge on any atom is -0.469 e. The molecule has 0 saturated carbocycles. The largest absolute Gasteiger partial charge is 0.469 e. The van der Waals surface area contributed by atoms with Gasteiger partial charge in [-0.25, -0.2) is 4.98 Å². The Morgan fingerprint density at radius 2 is 2.44 bits per heavy atom. The van der Waals surface area contributed by atoms with Gasteiger partial charge in [0.25, 0.3) is 0 Å². The van der Waals surface area contributed by atoms with Crippen molar-refractivity contribution in [2.75, 3.05) is 25.1 Å². The molecule has 16 heavy (non-hydrogen) atoms. The quantitative estimate of drug-likeness (QED) is 0.706. The molecule has 0 N–H and O–H groups in total. The molecule has 1 aromatic rings. The molecule has 86 valence electrons. The smallest absolute Gasteiger partial charge is 0.310 e. The van der Waals surface area contributed by atoms with Crippen LogP contribution in [-0.4, -0.2) is 31.2 Å². The molecule has 0 amide bonds. The Morgan fingerprint density at radius 3 is 3.12 bits per heavy atom. The SMILES string of the molecule is COC(=O)C1CCN(c2ncccc2C)C1. The maximum Gasteiger partial charge on any atom is 0.310 e. The van der Waals surface area contributed by atoms with Crippen molar-refractivity contribution in [1.29, 1.82) is 0 Å². The highest BCUT2D eigenvalue weighted by Gasteiger charge is 2.30. The number of hydrogen-bond donors (Lipinski definition) is 0. The molecular weight excluding hydrogens is 204 g/mol. The van der Waals surface area contributed by atoms with Crippen LogP contribution in [0, 0.1) is 12.8 Å². The molecule has 1 unspecified atom stereocenters. The topological polar surface area (TPSA) is 42.4 Å². The molecular formula is C12H16N2O2. The van der Waals surface area contributed by atoms with Gasteiger partial charge in [-0.05, 0) is 25.0 Å². The van der Waals surface area contributed by atoms with E-state index in [2.05, 4.69) is 9.88 Å². The third-order valence-electron chi connectivity index (χ3n) is 3.00. The number of anilines is 1. The van der Waals surface area contributed by atoms with Crippen LogP contribution in [0.25, 0.3) is 0 Å². The normalized spacial score (nSPS) is 19.9. The van der Waals surface area contributed by atoms with Crippen LogP contribution < -0.4 is 4.90 Å². The van der Waals surface area contributed by atoms with Gasteiger partial charge in [0.15, 0.2) is 0 Å². The average Bonchev–Trinajstić information content (AvgIpc) is 2.78. The maximum absolute atomic E-state index is 11.4. The summed E-state index contributed by atoms with van der Waals surface area (Å²) in [6.07, 6.45) is 2.64. The fourth-order valence-electron chi connectivity index (χ4n) is 2.12. The summed E-state index contributed by atoms with van der Waals surface area (Å²) in [6.45, 7) is 3.62. The standard InChI is InChI=1S/C12H16N2O2/c1-9-4-3-6-13-11(9)14-7-5-10(8-14)12(15)16-2/h3-4,6,10H,5,7-8H2,1-2H3. The summed E-state index contributed by atoms with van der Waals surface area (Å²) in [5, 5.41) is 0.